The number of nitrogens with one attached hydrogen (secondary N) is 2. The van der Waals surface area contributed by atoms with Crippen LogP contribution in [0.25, 0.3) is 0 Å². The molecule has 3 aromatic carbocycles. The largest absolute Gasteiger partial charge is 0.493 e. The van der Waals surface area contributed by atoms with Gasteiger partial charge < -0.3 is 14.8 Å². The van der Waals surface area contributed by atoms with E-state index in [9.17, 15) is 9.59 Å². The van der Waals surface area contributed by atoms with Gasteiger partial charge in [-0.05, 0) is 60.4 Å². The predicted octanol–water partition coefficient (Wildman–Crippen LogP) is 5.50. The smallest absolute Gasteiger partial charge is 0.240 e. The third kappa shape index (κ3) is 8.15. The summed E-state index contributed by atoms with van der Waals surface area (Å²) in [6.45, 7) is 2.27. The van der Waals surface area contributed by atoms with Crippen LogP contribution in [0, 0.1) is 6.92 Å². The number of anilines is 1. The van der Waals surface area contributed by atoms with Crippen molar-refractivity contribution in [2.24, 2.45) is 5.10 Å². The molecule has 0 saturated heterocycles. The highest BCUT2D eigenvalue weighted by Crippen LogP contribution is 2.28. The van der Waals surface area contributed by atoms with E-state index in [4.69, 9.17) is 21.1 Å². The molecule has 0 aromatic heterocycles. The van der Waals surface area contributed by atoms with E-state index in [0.29, 0.717) is 35.2 Å². The molecule has 3 aromatic rings. The predicted molar refractivity (Wildman–Crippen MR) is 138 cm³/mol. The van der Waals surface area contributed by atoms with E-state index in [1.54, 1.807) is 37.4 Å². The maximum absolute atomic E-state index is 12.1. The molecule has 0 aliphatic heterocycles. The number of nitrogens with zero attached hydrogens (tertiary/aromatic N) is 1. The highest BCUT2D eigenvalue weighted by molar-refractivity contribution is 6.31. The number of carbonyl (C=O) groups is 2. The first-order chi connectivity index (χ1) is 17.0. The van der Waals surface area contributed by atoms with E-state index in [1.807, 2.05) is 43.3 Å². The highest BCUT2D eigenvalue weighted by Gasteiger charge is 2.09. The Balaban J connectivity index is 1.42. The van der Waals surface area contributed by atoms with Gasteiger partial charge in [0.05, 0.1) is 13.3 Å². The molecule has 0 saturated carbocycles. The number of hydrazone groups is 1. The molecule has 0 spiro atoms. The lowest BCUT2D eigenvalue weighted by atomic mass is 10.2. The Morgan fingerprint density at radius 1 is 0.971 bits per heavy atom. The molecule has 0 heterocycles. The lowest BCUT2D eigenvalue weighted by molar-refractivity contribution is -0.121. The van der Waals surface area contributed by atoms with Gasteiger partial charge in [0, 0.05) is 23.6 Å². The summed E-state index contributed by atoms with van der Waals surface area (Å²) in [5.41, 5.74) is 5.75. The number of carbonyl (C=O) groups excluding carboxylic acids is 2. The quantitative estimate of drug-likeness (QED) is 0.273. The van der Waals surface area contributed by atoms with Gasteiger partial charge >= 0.3 is 0 Å². The van der Waals surface area contributed by atoms with Gasteiger partial charge in [-0.15, -0.1) is 0 Å². The van der Waals surface area contributed by atoms with Gasteiger partial charge in [0.1, 0.15) is 6.61 Å². The Bertz CT molecular complexity index is 1180. The van der Waals surface area contributed by atoms with E-state index in [1.165, 1.54) is 6.21 Å². The first-order valence-corrected chi connectivity index (χ1v) is 11.6. The van der Waals surface area contributed by atoms with Gasteiger partial charge in [0.25, 0.3) is 0 Å². The molecular formula is C27H28ClN3O4. The summed E-state index contributed by atoms with van der Waals surface area (Å²) in [4.78, 5) is 24.2. The Morgan fingerprint density at radius 2 is 1.74 bits per heavy atom. The van der Waals surface area contributed by atoms with Crippen LogP contribution in [-0.4, -0.2) is 25.1 Å². The monoisotopic (exact) mass is 493 g/mol. The zero-order chi connectivity index (χ0) is 25.0. The molecule has 0 radical (unpaired) electrons. The molecule has 3 rings (SSSR count). The number of amides is 2. The van der Waals surface area contributed by atoms with Crippen LogP contribution in [0.15, 0.2) is 71.8 Å². The number of halogens is 1. The number of benzene rings is 3. The lowest BCUT2D eigenvalue weighted by Crippen LogP contribution is -2.18. The third-order valence-electron chi connectivity index (χ3n) is 5.18. The zero-order valence-electron chi connectivity index (χ0n) is 19.7. The molecule has 8 heteroatoms. The molecule has 0 fully saturated rings. The van der Waals surface area contributed by atoms with Crippen molar-refractivity contribution in [2.45, 2.75) is 32.8 Å². The first-order valence-electron chi connectivity index (χ1n) is 11.2. The molecule has 0 atom stereocenters. The van der Waals surface area contributed by atoms with Crippen LogP contribution in [0.5, 0.6) is 11.5 Å². The SMILES string of the molecule is COc1cc(/C=N\NC(=O)CCCC(=O)Nc2cccc(Cl)c2C)ccc1OCc1ccccc1. The molecule has 2 N–H and O–H groups in total. The van der Waals surface area contributed by atoms with E-state index in [-0.39, 0.29) is 24.7 Å². The van der Waals surface area contributed by atoms with Crippen molar-refractivity contribution < 1.29 is 19.1 Å². The Hall–Kier alpha value is -3.84. The van der Waals surface area contributed by atoms with Crippen LogP contribution in [-0.2, 0) is 16.2 Å². The van der Waals surface area contributed by atoms with E-state index < -0.39 is 0 Å². The van der Waals surface area contributed by atoms with Crippen molar-refractivity contribution in [3.05, 3.63) is 88.4 Å². The topological polar surface area (TPSA) is 89.0 Å². The minimum Gasteiger partial charge on any atom is -0.493 e. The first kappa shape index (κ1) is 25.8. The molecule has 0 aliphatic rings. The second-order valence-corrected chi connectivity index (χ2v) is 8.20. The van der Waals surface area contributed by atoms with Crippen molar-refractivity contribution in [3.8, 4) is 11.5 Å². The number of rotatable bonds is 11. The number of ether oxygens (including phenoxy) is 2. The third-order valence-corrected chi connectivity index (χ3v) is 5.59. The van der Waals surface area contributed by atoms with Crippen molar-refractivity contribution in [2.75, 3.05) is 12.4 Å². The van der Waals surface area contributed by atoms with E-state index >= 15 is 0 Å². The highest BCUT2D eigenvalue weighted by atomic mass is 35.5. The number of methoxy groups -OCH3 is 1. The second kappa shape index (κ2) is 13.2. The number of hydrogen-bond acceptors (Lipinski definition) is 5. The average molecular weight is 494 g/mol. The summed E-state index contributed by atoms with van der Waals surface area (Å²) in [7, 11) is 1.57. The van der Waals surface area contributed by atoms with Crippen LogP contribution in [0.3, 0.4) is 0 Å². The van der Waals surface area contributed by atoms with Gasteiger partial charge in [0.2, 0.25) is 11.8 Å². The Labute approximate surface area is 210 Å². The van der Waals surface area contributed by atoms with E-state index in [0.717, 1.165) is 16.7 Å². The summed E-state index contributed by atoms with van der Waals surface area (Å²) in [6.07, 6.45) is 2.31. The molecule has 35 heavy (non-hydrogen) atoms. The Kier molecular flexibility index (Phi) is 9.69. The normalized spacial score (nSPS) is 10.7. The molecular weight excluding hydrogens is 466 g/mol. The van der Waals surface area contributed by atoms with Gasteiger partial charge in [-0.25, -0.2) is 5.43 Å². The van der Waals surface area contributed by atoms with Crippen molar-refractivity contribution >= 4 is 35.3 Å². The summed E-state index contributed by atoms with van der Waals surface area (Å²) in [5, 5.41) is 7.40. The molecule has 0 bridgehead atoms. The van der Waals surface area contributed by atoms with Crippen molar-refractivity contribution in [1.29, 1.82) is 0 Å². The summed E-state index contributed by atoms with van der Waals surface area (Å²) in [5.74, 6) is 0.733. The van der Waals surface area contributed by atoms with Gasteiger partial charge in [-0.2, -0.15) is 5.10 Å². The summed E-state index contributed by atoms with van der Waals surface area (Å²) < 4.78 is 11.3. The van der Waals surface area contributed by atoms with Crippen LogP contribution in [0.4, 0.5) is 5.69 Å². The van der Waals surface area contributed by atoms with Crippen LogP contribution >= 0.6 is 11.6 Å². The Morgan fingerprint density at radius 3 is 2.51 bits per heavy atom. The fourth-order valence-corrected chi connectivity index (χ4v) is 3.39. The van der Waals surface area contributed by atoms with Crippen LogP contribution in [0.2, 0.25) is 5.02 Å². The molecule has 7 nitrogen and oxygen atoms in total. The average Bonchev–Trinajstić information content (AvgIpc) is 2.86. The minimum absolute atomic E-state index is 0.173. The zero-order valence-corrected chi connectivity index (χ0v) is 20.5. The minimum atomic E-state index is -0.275. The van der Waals surface area contributed by atoms with Gasteiger partial charge in [-0.1, -0.05) is 48.0 Å². The van der Waals surface area contributed by atoms with Crippen LogP contribution < -0.4 is 20.2 Å². The fourth-order valence-electron chi connectivity index (χ4n) is 3.22. The second-order valence-electron chi connectivity index (χ2n) is 7.79. The molecule has 182 valence electrons. The molecule has 0 unspecified atom stereocenters. The van der Waals surface area contributed by atoms with Crippen LogP contribution in [0.1, 0.15) is 36.0 Å². The van der Waals surface area contributed by atoms with Gasteiger partial charge in [-0.3, -0.25) is 9.59 Å². The van der Waals surface area contributed by atoms with Gasteiger partial charge in [0.15, 0.2) is 11.5 Å². The summed E-state index contributed by atoms with van der Waals surface area (Å²) in [6, 6.07) is 20.6. The van der Waals surface area contributed by atoms with Crippen molar-refractivity contribution in [3.63, 3.8) is 0 Å². The van der Waals surface area contributed by atoms with Crippen molar-refractivity contribution in [1.82, 2.24) is 5.43 Å². The number of hydrogen-bond donors (Lipinski definition) is 2. The molecule has 2 amide bonds. The standard InChI is InChI=1S/C27H28ClN3O4/c1-19-22(28)10-6-11-23(19)30-26(32)12-7-13-27(33)31-29-17-21-14-15-24(25(16-21)34-2)35-18-20-8-4-3-5-9-20/h3-6,8-11,14-17H,7,12-13,18H2,1-2H3,(H,30,32)(H,31,33)/b29-17-. The summed E-state index contributed by atoms with van der Waals surface area (Å²) >= 11 is 6.07. The lowest BCUT2D eigenvalue weighted by Gasteiger charge is -2.11. The maximum Gasteiger partial charge on any atom is 0.240 e. The fraction of sp³-hybridized carbons (Fsp3) is 0.222. The molecule has 0 aliphatic carbocycles. The van der Waals surface area contributed by atoms with E-state index in [2.05, 4.69) is 15.8 Å². The maximum atomic E-state index is 12.1.